The molecule has 0 amide bonds. The van der Waals surface area contributed by atoms with Gasteiger partial charge in [-0.05, 0) is 59.7 Å². The Balaban J connectivity index is 1.51. The smallest absolute Gasteiger partial charge is 0.201 e. The molecule has 1 atom stereocenters. The van der Waals surface area contributed by atoms with Crippen molar-refractivity contribution in [1.29, 1.82) is 0 Å². The van der Waals surface area contributed by atoms with E-state index >= 15 is 0 Å². The van der Waals surface area contributed by atoms with Crippen LogP contribution < -0.4 is 4.74 Å². The Morgan fingerprint density at radius 3 is 2.14 bits per heavy atom. The normalized spacial score (nSPS) is 15.4. The van der Waals surface area contributed by atoms with Crippen LogP contribution in [0.2, 0.25) is 0 Å². The molecular weight excluding hydrogens is 449 g/mol. The summed E-state index contributed by atoms with van der Waals surface area (Å²) in [6.07, 6.45) is 7.74. The summed E-state index contributed by atoms with van der Waals surface area (Å²) >= 11 is 0. The van der Waals surface area contributed by atoms with Crippen molar-refractivity contribution in [3.63, 3.8) is 0 Å². The summed E-state index contributed by atoms with van der Waals surface area (Å²) in [6, 6.07) is 15.0. The highest BCUT2D eigenvalue weighted by Crippen LogP contribution is 2.34. The van der Waals surface area contributed by atoms with Crippen molar-refractivity contribution in [2.24, 2.45) is 0 Å². The molecule has 1 aliphatic rings. The second-order valence-corrected chi connectivity index (χ2v) is 8.36. The van der Waals surface area contributed by atoms with Gasteiger partial charge in [-0.15, -0.1) is 6.58 Å². The summed E-state index contributed by atoms with van der Waals surface area (Å²) in [5.74, 6) is -2.47. The van der Waals surface area contributed by atoms with E-state index in [1.807, 2.05) is 12.1 Å². The van der Waals surface area contributed by atoms with Crippen molar-refractivity contribution in [3.05, 3.63) is 109 Å². The van der Waals surface area contributed by atoms with Crippen molar-refractivity contribution >= 4 is 5.57 Å². The first-order valence-electron chi connectivity index (χ1n) is 11.6. The van der Waals surface area contributed by atoms with Crippen molar-refractivity contribution in [1.82, 2.24) is 0 Å². The van der Waals surface area contributed by atoms with Gasteiger partial charge in [0.25, 0.3) is 0 Å². The van der Waals surface area contributed by atoms with E-state index in [9.17, 15) is 13.2 Å². The van der Waals surface area contributed by atoms with Gasteiger partial charge in [-0.25, -0.2) is 8.78 Å². The fourth-order valence-corrected chi connectivity index (χ4v) is 4.22. The van der Waals surface area contributed by atoms with Crippen molar-refractivity contribution < 1.29 is 22.6 Å². The molecule has 0 fully saturated rings. The summed E-state index contributed by atoms with van der Waals surface area (Å²) in [4.78, 5) is 0. The average molecular weight is 477 g/mol. The zero-order valence-corrected chi connectivity index (χ0v) is 19.4. The molecule has 2 nitrogen and oxygen atoms in total. The second-order valence-electron chi connectivity index (χ2n) is 8.36. The Morgan fingerprint density at radius 1 is 0.800 bits per heavy atom. The largest absolute Gasteiger partial charge is 0.486 e. The number of benzene rings is 3. The number of hydrogen-bond acceptors (Lipinski definition) is 2. The number of hydrogen-bond donors (Lipinski definition) is 0. The van der Waals surface area contributed by atoms with Gasteiger partial charge in [0.2, 0.25) is 5.82 Å². The van der Waals surface area contributed by atoms with E-state index in [1.54, 1.807) is 36.4 Å². The van der Waals surface area contributed by atoms with Gasteiger partial charge in [-0.3, -0.25) is 0 Å². The predicted octanol–water partition coefficient (Wildman–Crippen LogP) is 8.14. The number of allylic oxidation sites excluding steroid dienone is 1. The van der Waals surface area contributed by atoms with Crippen LogP contribution in [0.3, 0.4) is 0 Å². The van der Waals surface area contributed by atoms with Gasteiger partial charge >= 0.3 is 0 Å². The fourth-order valence-electron chi connectivity index (χ4n) is 4.22. The SMILES string of the molecule is C=CCOc1ccc(-c2ccc(-c3ccc(C4=CCC(OCC=C)CC4)c(F)c3)cc2)c(F)c1F. The zero-order valence-electron chi connectivity index (χ0n) is 19.4. The summed E-state index contributed by atoms with van der Waals surface area (Å²) in [5, 5.41) is 0. The molecule has 0 heterocycles. The van der Waals surface area contributed by atoms with Crippen LogP contribution >= 0.6 is 0 Å². The van der Waals surface area contributed by atoms with Crippen LogP contribution in [-0.4, -0.2) is 19.3 Å². The lowest BCUT2D eigenvalue weighted by atomic mass is 9.90. The molecule has 180 valence electrons. The van der Waals surface area contributed by atoms with Gasteiger partial charge in [0.1, 0.15) is 12.4 Å². The summed E-state index contributed by atoms with van der Waals surface area (Å²) in [7, 11) is 0. The van der Waals surface area contributed by atoms with E-state index in [-0.39, 0.29) is 29.8 Å². The minimum absolute atomic E-state index is 0.0850. The molecule has 3 aromatic carbocycles. The highest BCUT2D eigenvalue weighted by Gasteiger charge is 2.19. The first kappa shape index (κ1) is 24.6. The van der Waals surface area contributed by atoms with Gasteiger partial charge in [-0.2, -0.15) is 4.39 Å². The third-order valence-corrected chi connectivity index (χ3v) is 6.06. The highest BCUT2D eigenvalue weighted by molar-refractivity contribution is 5.74. The summed E-state index contributed by atoms with van der Waals surface area (Å²) in [6.45, 7) is 7.77. The van der Waals surface area contributed by atoms with E-state index in [1.165, 1.54) is 24.3 Å². The Kier molecular flexibility index (Phi) is 7.88. The first-order chi connectivity index (χ1) is 17.0. The van der Waals surface area contributed by atoms with Crippen LogP contribution in [0, 0.1) is 17.5 Å². The fraction of sp³-hybridized carbons (Fsp3) is 0.200. The molecule has 5 heteroatoms. The molecule has 0 bridgehead atoms. The average Bonchev–Trinajstić information content (AvgIpc) is 2.89. The van der Waals surface area contributed by atoms with Crippen LogP contribution in [-0.2, 0) is 4.74 Å². The molecular formula is C30H27F3O2. The standard InChI is InChI=1S/C30H27F3O2/c1-3-17-34-24-12-9-21(10-13-24)25-14-11-23(19-27(25)31)20-5-7-22(8-6-20)26-15-16-28(35-18-4-2)30(33)29(26)32/h3-9,11,14-16,19,24H,1-2,10,12-13,17-18H2. The Labute approximate surface area is 204 Å². The lowest BCUT2D eigenvalue weighted by Gasteiger charge is -2.22. The maximum absolute atomic E-state index is 15.0. The molecule has 35 heavy (non-hydrogen) atoms. The molecule has 0 aliphatic heterocycles. The quantitative estimate of drug-likeness (QED) is 0.290. The molecule has 0 saturated heterocycles. The summed E-state index contributed by atoms with van der Waals surface area (Å²) in [5.41, 5.74) is 3.71. The van der Waals surface area contributed by atoms with Crippen LogP contribution in [0.5, 0.6) is 5.75 Å². The number of ether oxygens (including phenoxy) is 2. The lowest BCUT2D eigenvalue weighted by Crippen LogP contribution is -2.15. The molecule has 0 saturated carbocycles. The van der Waals surface area contributed by atoms with E-state index in [4.69, 9.17) is 9.47 Å². The molecule has 1 aliphatic carbocycles. The monoisotopic (exact) mass is 476 g/mol. The number of rotatable bonds is 9. The minimum Gasteiger partial charge on any atom is -0.486 e. The number of halogens is 3. The highest BCUT2D eigenvalue weighted by atomic mass is 19.2. The molecule has 0 spiro atoms. The molecule has 1 unspecified atom stereocenters. The molecule has 0 N–H and O–H groups in total. The maximum Gasteiger partial charge on any atom is 0.201 e. The van der Waals surface area contributed by atoms with Crippen molar-refractivity contribution in [2.75, 3.05) is 13.2 Å². The Bertz CT molecular complexity index is 1250. The molecule has 0 radical (unpaired) electrons. The van der Waals surface area contributed by atoms with Gasteiger partial charge in [0, 0.05) is 11.1 Å². The predicted molar refractivity (Wildman–Crippen MR) is 135 cm³/mol. The zero-order chi connectivity index (χ0) is 24.8. The van der Waals surface area contributed by atoms with Gasteiger partial charge in [-0.1, -0.05) is 61.2 Å². The topological polar surface area (TPSA) is 18.5 Å². The van der Waals surface area contributed by atoms with Crippen LogP contribution in [0.1, 0.15) is 24.8 Å². The van der Waals surface area contributed by atoms with Crippen molar-refractivity contribution in [3.8, 4) is 28.0 Å². The van der Waals surface area contributed by atoms with Gasteiger partial charge in [0.05, 0.1) is 12.7 Å². The van der Waals surface area contributed by atoms with Crippen LogP contribution in [0.4, 0.5) is 13.2 Å². The van der Waals surface area contributed by atoms with Crippen molar-refractivity contribution in [2.45, 2.75) is 25.4 Å². The first-order valence-corrected chi connectivity index (χ1v) is 11.6. The molecule has 0 aromatic heterocycles. The second kappa shape index (κ2) is 11.2. The summed E-state index contributed by atoms with van der Waals surface area (Å²) < 4.78 is 54.8. The van der Waals surface area contributed by atoms with Gasteiger partial charge in [0.15, 0.2) is 11.6 Å². The van der Waals surface area contributed by atoms with Crippen LogP contribution in [0.25, 0.3) is 27.8 Å². The third-order valence-electron chi connectivity index (χ3n) is 6.06. The third kappa shape index (κ3) is 5.57. The van der Waals surface area contributed by atoms with Gasteiger partial charge < -0.3 is 9.47 Å². The Morgan fingerprint density at radius 2 is 1.49 bits per heavy atom. The van der Waals surface area contributed by atoms with Crippen LogP contribution in [0.15, 0.2) is 86.0 Å². The van der Waals surface area contributed by atoms with E-state index < -0.39 is 11.6 Å². The lowest BCUT2D eigenvalue weighted by molar-refractivity contribution is 0.0690. The van der Waals surface area contributed by atoms with E-state index in [2.05, 4.69) is 13.2 Å². The maximum atomic E-state index is 15.0. The van der Waals surface area contributed by atoms with E-state index in [0.717, 1.165) is 30.4 Å². The Hall–Kier alpha value is -3.57. The van der Waals surface area contributed by atoms with E-state index in [0.29, 0.717) is 23.3 Å². The minimum atomic E-state index is -1.04. The molecule has 3 aromatic rings. The molecule has 4 rings (SSSR count).